The molecule has 0 bridgehead atoms. The Kier molecular flexibility index (Phi) is 5.52. The van der Waals surface area contributed by atoms with Crippen LogP contribution in [-0.2, 0) is 4.79 Å². The van der Waals surface area contributed by atoms with E-state index in [9.17, 15) is 14.0 Å². The number of aryl methyl sites for hydroxylation is 1. The number of benzene rings is 1. The van der Waals surface area contributed by atoms with Gasteiger partial charge in [0.2, 0.25) is 5.91 Å². The highest BCUT2D eigenvalue weighted by molar-refractivity contribution is 5.94. The number of halogens is 1. The van der Waals surface area contributed by atoms with Crippen molar-refractivity contribution in [3.8, 4) is 0 Å². The Balaban J connectivity index is 2.00. The molecular formula is C17H23FN2O2. The summed E-state index contributed by atoms with van der Waals surface area (Å²) in [7, 11) is 0. The average molecular weight is 306 g/mol. The maximum atomic E-state index is 13.3. The lowest BCUT2D eigenvalue weighted by molar-refractivity contribution is -0.122. The number of hydrogen-bond acceptors (Lipinski definition) is 2. The van der Waals surface area contributed by atoms with E-state index in [4.69, 9.17) is 0 Å². The van der Waals surface area contributed by atoms with Crippen LogP contribution in [0.1, 0.15) is 48.5 Å². The second-order valence-electron chi connectivity index (χ2n) is 5.87. The minimum absolute atomic E-state index is 0.0123. The molecule has 0 radical (unpaired) electrons. The molecule has 1 fully saturated rings. The quantitative estimate of drug-likeness (QED) is 0.929. The van der Waals surface area contributed by atoms with Gasteiger partial charge in [-0.05, 0) is 49.9 Å². The molecule has 1 aromatic carbocycles. The highest BCUT2D eigenvalue weighted by atomic mass is 19.1. The van der Waals surface area contributed by atoms with Gasteiger partial charge in [-0.1, -0.05) is 6.92 Å². The van der Waals surface area contributed by atoms with E-state index >= 15 is 0 Å². The third kappa shape index (κ3) is 4.06. The van der Waals surface area contributed by atoms with Crippen LogP contribution in [0, 0.1) is 12.7 Å². The molecule has 2 amide bonds. The van der Waals surface area contributed by atoms with Crippen LogP contribution < -0.4 is 5.32 Å². The summed E-state index contributed by atoms with van der Waals surface area (Å²) in [5.41, 5.74) is 0.968. The molecule has 1 aromatic rings. The number of carbonyl (C=O) groups is 2. The van der Waals surface area contributed by atoms with Gasteiger partial charge in [0.1, 0.15) is 5.82 Å². The van der Waals surface area contributed by atoms with Crippen LogP contribution in [0.3, 0.4) is 0 Å². The zero-order valence-electron chi connectivity index (χ0n) is 13.2. The molecule has 1 aliphatic heterocycles. The molecule has 120 valence electrons. The van der Waals surface area contributed by atoms with E-state index in [1.807, 2.05) is 6.92 Å². The molecule has 1 aliphatic rings. The van der Waals surface area contributed by atoms with E-state index < -0.39 is 0 Å². The highest BCUT2D eigenvalue weighted by Crippen LogP contribution is 2.16. The molecule has 0 aromatic heterocycles. The van der Waals surface area contributed by atoms with Crippen molar-refractivity contribution in [2.24, 2.45) is 0 Å². The Morgan fingerprint density at radius 1 is 1.41 bits per heavy atom. The van der Waals surface area contributed by atoms with E-state index in [0.29, 0.717) is 30.6 Å². The second kappa shape index (κ2) is 7.38. The van der Waals surface area contributed by atoms with Crippen molar-refractivity contribution in [1.29, 1.82) is 0 Å². The second-order valence-corrected chi connectivity index (χ2v) is 5.87. The van der Waals surface area contributed by atoms with E-state index in [1.165, 1.54) is 12.1 Å². The number of carbonyl (C=O) groups excluding carboxylic acids is 2. The van der Waals surface area contributed by atoms with Gasteiger partial charge in [0.05, 0.1) is 0 Å². The van der Waals surface area contributed by atoms with Crippen LogP contribution in [0.5, 0.6) is 0 Å². The molecule has 5 heteroatoms. The van der Waals surface area contributed by atoms with Gasteiger partial charge in [-0.15, -0.1) is 0 Å². The van der Waals surface area contributed by atoms with Gasteiger partial charge in [0, 0.05) is 31.1 Å². The normalized spacial score (nSPS) is 18.1. The molecule has 22 heavy (non-hydrogen) atoms. The topological polar surface area (TPSA) is 49.4 Å². The van der Waals surface area contributed by atoms with Crippen molar-refractivity contribution in [3.63, 3.8) is 0 Å². The molecule has 1 unspecified atom stereocenters. The van der Waals surface area contributed by atoms with Gasteiger partial charge in [0.15, 0.2) is 0 Å². The number of hydrogen-bond donors (Lipinski definition) is 1. The van der Waals surface area contributed by atoms with Gasteiger partial charge >= 0.3 is 0 Å². The summed E-state index contributed by atoms with van der Waals surface area (Å²) in [6.45, 7) is 4.81. The fraction of sp³-hybridized carbons (Fsp3) is 0.529. The van der Waals surface area contributed by atoms with Gasteiger partial charge in [-0.25, -0.2) is 4.39 Å². The fourth-order valence-corrected chi connectivity index (χ4v) is 2.77. The minimum Gasteiger partial charge on any atom is -0.352 e. The molecule has 1 N–H and O–H groups in total. The zero-order valence-corrected chi connectivity index (χ0v) is 13.2. The first-order valence-corrected chi connectivity index (χ1v) is 7.86. The molecule has 2 rings (SSSR count). The van der Waals surface area contributed by atoms with Crippen LogP contribution >= 0.6 is 0 Å². The molecule has 1 atom stereocenters. The van der Waals surface area contributed by atoms with Crippen molar-refractivity contribution in [3.05, 3.63) is 35.1 Å². The fourth-order valence-electron chi connectivity index (χ4n) is 2.77. The Bertz CT molecular complexity index is 560. The summed E-state index contributed by atoms with van der Waals surface area (Å²) in [5.74, 6) is -0.364. The van der Waals surface area contributed by atoms with E-state index in [0.717, 1.165) is 19.3 Å². The van der Waals surface area contributed by atoms with Crippen molar-refractivity contribution in [1.82, 2.24) is 10.2 Å². The average Bonchev–Trinajstić information content (AvgIpc) is 2.50. The summed E-state index contributed by atoms with van der Waals surface area (Å²) < 4.78 is 13.3. The number of likely N-dealkylation sites (tertiary alicyclic amines) is 1. The van der Waals surface area contributed by atoms with Crippen molar-refractivity contribution in [2.45, 2.75) is 45.6 Å². The van der Waals surface area contributed by atoms with Crippen LogP contribution in [0.2, 0.25) is 0 Å². The van der Waals surface area contributed by atoms with E-state index in [1.54, 1.807) is 17.9 Å². The third-order valence-corrected chi connectivity index (χ3v) is 3.96. The minimum atomic E-state index is -0.306. The Labute approximate surface area is 130 Å². The lowest BCUT2D eigenvalue weighted by Gasteiger charge is -2.33. The number of nitrogens with one attached hydrogen (secondary N) is 1. The summed E-state index contributed by atoms with van der Waals surface area (Å²) in [6, 6.07) is 4.44. The molecular weight excluding hydrogens is 283 g/mol. The lowest BCUT2D eigenvalue weighted by atomic mass is 10.0. The molecule has 0 saturated carbocycles. The first-order valence-electron chi connectivity index (χ1n) is 7.86. The SMILES string of the molecule is CCCC(=O)NC1CCCN(C(=O)c2ccc(F)c(C)c2)C1. The zero-order chi connectivity index (χ0) is 16.1. The first kappa shape index (κ1) is 16.5. The van der Waals surface area contributed by atoms with E-state index in [2.05, 4.69) is 5.32 Å². The van der Waals surface area contributed by atoms with Crippen LogP contribution in [0.4, 0.5) is 4.39 Å². The Morgan fingerprint density at radius 3 is 2.86 bits per heavy atom. The standard InChI is InChI=1S/C17H23FN2O2/c1-3-5-16(21)19-14-6-4-9-20(11-14)17(22)13-7-8-15(18)12(2)10-13/h7-8,10,14H,3-6,9,11H2,1-2H3,(H,19,21). The summed E-state index contributed by atoms with van der Waals surface area (Å²) >= 11 is 0. The number of amides is 2. The van der Waals surface area contributed by atoms with Gasteiger partial charge in [-0.2, -0.15) is 0 Å². The Morgan fingerprint density at radius 2 is 2.18 bits per heavy atom. The largest absolute Gasteiger partial charge is 0.352 e. The van der Waals surface area contributed by atoms with Crippen molar-refractivity contribution >= 4 is 11.8 Å². The smallest absolute Gasteiger partial charge is 0.253 e. The monoisotopic (exact) mass is 306 g/mol. The predicted molar refractivity (Wildman–Crippen MR) is 83.1 cm³/mol. The van der Waals surface area contributed by atoms with Gasteiger partial charge < -0.3 is 10.2 Å². The number of nitrogens with zero attached hydrogens (tertiary/aromatic N) is 1. The van der Waals surface area contributed by atoms with Crippen molar-refractivity contribution < 1.29 is 14.0 Å². The maximum absolute atomic E-state index is 13.3. The summed E-state index contributed by atoms with van der Waals surface area (Å²) in [6.07, 6.45) is 3.09. The summed E-state index contributed by atoms with van der Waals surface area (Å²) in [4.78, 5) is 25.9. The van der Waals surface area contributed by atoms with Crippen LogP contribution in [-0.4, -0.2) is 35.8 Å². The molecule has 1 saturated heterocycles. The lowest BCUT2D eigenvalue weighted by Crippen LogP contribution is -2.49. The predicted octanol–water partition coefficient (Wildman–Crippen LogP) is 2.66. The van der Waals surface area contributed by atoms with Gasteiger partial charge in [-0.3, -0.25) is 9.59 Å². The molecule has 0 aliphatic carbocycles. The van der Waals surface area contributed by atoms with E-state index in [-0.39, 0.29) is 23.7 Å². The van der Waals surface area contributed by atoms with Crippen LogP contribution in [0.15, 0.2) is 18.2 Å². The van der Waals surface area contributed by atoms with Crippen LogP contribution in [0.25, 0.3) is 0 Å². The first-order chi connectivity index (χ1) is 10.5. The molecule has 4 nitrogen and oxygen atoms in total. The third-order valence-electron chi connectivity index (χ3n) is 3.96. The number of piperidine rings is 1. The van der Waals surface area contributed by atoms with Crippen molar-refractivity contribution in [2.75, 3.05) is 13.1 Å². The Hall–Kier alpha value is -1.91. The number of rotatable bonds is 4. The maximum Gasteiger partial charge on any atom is 0.253 e. The molecule has 1 heterocycles. The molecule has 0 spiro atoms. The highest BCUT2D eigenvalue weighted by Gasteiger charge is 2.25. The van der Waals surface area contributed by atoms with Gasteiger partial charge in [0.25, 0.3) is 5.91 Å². The summed E-state index contributed by atoms with van der Waals surface area (Å²) in [5, 5.41) is 2.98.